The Morgan fingerprint density at radius 2 is 1.37 bits per heavy atom. The Balaban J connectivity index is 1.81. The fourth-order valence-corrected chi connectivity index (χ4v) is 2.85. The number of carbonyl (C=O) groups is 1. The molecule has 0 aliphatic carbocycles. The normalized spacial score (nSPS) is 12.6. The van der Waals surface area contributed by atoms with Gasteiger partial charge in [0.2, 0.25) is 0 Å². The first kappa shape index (κ1) is 18.8. The first-order chi connectivity index (χ1) is 13.1. The fourth-order valence-electron chi connectivity index (χ4n) is 2.62. The number of thiocarbonyl (C=S) groups is 1. The zero-order chi connectivity index (χ0) is 19.1. The highest BCUT2D eigenvalue weighted by Crippen LogP contribution is 2.21. The highest BCUT2D eigenvalue weighted by atomic mass is 32.1. The van der Waals surface area contributed by atoms with E-state index in [4.69, 9.17) is 17.0 Å². The summed E-state index contributed by atoms with van der Waals surface area (Å²) in [5.41, 5.74) is 1.23. The van der Waals surface area contributed by atoms with Gasteiger partial charge in [0.05, 0.1) is 6.04 Å². The molecule has 27 heavy (non-hydrogen) atoms. The molecule has 0 saturated carbocycles. The molecule has 0 aliphatic rings. The third-order valence-corrected chi connectivity index (χ3v) is 4.32. The molecule has 2 atom stereocenters. The van der Waals surface area contributed by atoms with Crippen LogP contribution in [0, 0.1) is 0 Å². The Morgan fingerprint density at radius 1 is 0.852 bits per heavy atom. The summed E-state index contributed by atoms with van der Waals surface area (Å²) in [6, 6.07) is 26.3. The molecule has 4 nitrogen and oxygen atoms in total. The minimum atomic E-state index is -1.20. The molecule has 136 valence electrons. The highest BCUT2D eigenvalue weighted by Gasteiger charge is 2.28. The van der Waals surface area contributed by atoms with Crippen LogP contribution in [0.25, 0.3) is 0 Å². The fraction of sp³-hybridized carbons (Fsp3) is 0.0909. The second kappa shape index (κ2) is 9.07. The zero-order valence-electron chi connectivity index (χ0n) is 14.5. The number of amides is 1. The maximum absolute atomic E-state index is 12.6. The molecule has 2 N–H and O–H groups in total. The van der Waals surface area contributed by atoms with E-state index < -0.39 is 12.1 Å². The summed E-state index contributed by atoms with van der Waals surface area (Å²) in [5, 5.41) is 13.7. The van der Waals surface area contributed by atoms with Crippen LogP contribution in [0.3, 0.4) is 0 Å². The van der Waals surface area contributed by atoms with Gasteiger partial charge in [0.1, 0.15) is 11.9 Å². The number of benzene rings is 3. The summed E-state index contributed by atoms with van der Waals surface area (Å²) in [7, 11) is 0. The van der Waals surface area contributed by atoms with Gasteiger partial charge in [-0.05, 0) is 42.0 Å². The topological polar surface area (TPSA) is 58.6 Å². The van der Waals surface area contributed by atoms with E-state index >= 15 is 0 Å². The molecule has 1 amide bonds. The molecule has 3 rings (SSSR count). The Hall–Kier alpha value is -3.02. The molecule has 0 bridgehead atoms. The second-order valence-electron chi connectivity index (χ2n) is 5.91. The maximum atomic E-state index is 12.6. The summed E-state index contributed by atoms with van der Waals surface area (Å²) < 4.78 is 5.60. The van der Waals surface area contributed by atoms with Gasteiger partial charge in [-0.25, -0.2) is 0 Å². The number of para-hydroxylation sites is 1. The van der Waals surface area contributed by atoms with Crippen molar-refractivity contribution in [3.05, 3.63) is 102 Å². The minimum Gasteiger partial charge on any atom is -0.447 e. The van der Waals surface area contributed by atoms with Gasteiger partial charge in [0.15, 0.2) is 5.05 Å². The average molecular weight is 377 g/mol. The summed E-state index contributed by atoms with van der Waals surface area (Å²) in [5.74, 6) is 0.230. The van der Waals surface area contributed by atoms with Crippen LogP contribution in [0.2, 0.25) is 0 Å². The van der Waals surface area contributed by atoms with Gasteiger partial charge in [0, 0.05) is 5.56 Å². The first-order valence-electron chi connectivity index (χ1n) is 8.51. The van der Waals surface area contributed by atoms with Gasteiger partial charge in [-0.2, -0.15) is 0 Å². The van der Waals surface area contributed by atoms with Gasteiger partial charge in [0.25, 0.3) is 5.91 Å². The molecule has 0 heterocycles. The molecule has 0 aliphatic heterocycles. The van der Waals surface area contributed by atoms with E-state index in [0.29, 0.717) is 11.3 Å². The Morgan fingerprint density at radius 3 is 1.96 bits per heavy atom. The molecule has 0 saturated heterocycles. The predicted octanol–water partition coefficient (Wildman–Crippen LogP) is 3.93. The second-order valence-corrected chi connectivity index (χ2v) is 6.31. The summed E-state index contributed by atoms with van der Waals surface area (Å²) >= 11 is 5.28. The number of nitrogens with one attached hydrogen (secondary N) is 1. The molecule has 0 radical (unpaired) electrons. The van der Waals surface area contributed by atoms with E-state index in [1.165, 1.54) is 0 Å². The van der Waals surface area contributed by atoms with Gasteiger partial charge >= 0.3 is 0 Å². The van der Waals surface area contributed by atoms with Crippen molar-refractivity contribution in [1.82, 2.24) is 5.32 Å². The number of hydrogen-bond acceptors (Lipinski definition) is 4. The van der Waals surface area contributed by atoms with Crippen molar-refractivity contribution >= 4 is 23.2 Å². The van der Waals surface area contributed by atoms with Gasteiger partial charge in [-0.15, -0.1) is 0 Å². The van der Waals surface area contributed by atoms with E-state index in [0.717, 1.165) is 5.56 Å². The van der Waals surface area contributed by atoms with Crippen molar-refractivity contribution < 1.29 is 14.6 Å². The van der Waals surface area contributed by atoms with E-state index in [2.05, 4.69) is 5.32 Å². The van der Waals surface area contributed by atoms with E-state index in [-0.39, 0.29) is 11.0 Å². The van der Waals surface area contributed by atoms with E-state index in [9.17, 15) is 9.90 Å². The van der Waals surface area contributed by atoms with Crippen molar-refractivity contribution in [3.8, 4) is 5.75 Å². The van der Waals surface area contributed by atoms with Crippen LogP contribution < -0.4 is 10.1 Å². The van der Waals surface area contributed by atoms with Gasteiger partial charge < -0.3 is 15.2 Å². The van der Waals surface area contributed by atoms with Gasteiger partial charge in [-0.1, -0.05) is 66.7 Å². The monoisotopic (exact) mass is 377 g/mol. The van der Waals surface area contributed by atoms with E-state index in [1.54, 1.807) is 36.4 Å². The largest absolute Gasteiger partial charge is 0.447 e. The lowest BCUT2D eigenvalue weighted by molar-refractivity contribution is 0.0889. The van der Waals surface area contributed by atoms with Crippen molar-refractivity contribution in [2.24, 2.45) is 0 Å². The van der Waals surface area contributed by atoms with Crippen molar-refractivity contribution in [2.45, 2.75) is 12.1 Å². The lowest BCUT2D eigenvalue weighted by atomic mass is 10.0. The van der Waals surface area contributed by atoms with Crippen LogP contribution >= 0.6 is 12.2 Å². The number of ether oxygens (including phenoxy) is 1. The lowest BCUT2D eigenvalue weighted by Crippen LogP contribution is -2.41. The van der Waals surface area contributed by atoms with Crippen LogP contribution in [0.15, 0.2) is 91.0 Å². The highest BCUT2D eigenvalue weighted by molar-refractivity contribution is 7.80. The number of hydrogen-bond donors (Lipinski definition) is 2. The molecule has 0 unspecified atom stereocenters. The molecule has 0 fully saturated rings. The van der Waals surface area contributed by atoms with Crippen molar-refractivity contribution in [2.75, 3.05) is 0 Å². The number of rotatable bonds is 6. The average Bonchev–Trinajstić information content (AvgIpc) is 2.73. The van der Waals surface area contributed by atoms with E-state index in [1.807, 2.05) is 54.6 Å². The Bertz CT molecular complexity index is 885. The third-order valence-electron chi connectivity index (χ3n) is 4.00. The molecular formula is C22H19NO3S. The lowest BCUT2D eigenvalue weighted by Gasteiger charge is -2.25. The van der Waals surface area contributed by atoms with Crippen LogP contribution in [-0.2, 0) is 0 Å². The van der Waals surface area contributed by atoms with Crippen LogP contribution in [0.4, 0.5) is 0 Å². The summed E-state index contributed by atoms with van der Waals surface area (Å²) in [4.78, 5) is 12.6. The Kier molecular flexibility index (Phi) is 6.30. The van der Waals surface area contributed by atoms with Gasteiger partial charge in [-0.3, -0.25) is 4.79 Å². The third kappa shape index (κ3) is 5.00. The SMILES string of the molecule is O=C(N[C@H](c1ccccc1)[C@H](O)C(=S)Oc1ccccc1)c1ccccc1. The minimum absolute atomic E-state index is 0.0107. The molecule has 5 heteroatoms. The molecular weight excluding hydrogens is 358 g/mol. The first-order valence-corrected chi connectivity index (χ1v) is 8.91. The van der Waals surface area contributed by atoms with Crippen LogP contribution in [0.1, 0.15) is 22.0 Å². The smallest absolute Gasteiger partial charge is 0.251 e. The Labute approximate surface area is 163 Å². The summed E-state index contributed by atoms with van der Waals surface area (Å²) in [6.45, 7) is 0. The summed E-state index contributed by atoms with van der Waals surface area (Å²) in [6.07, 6.45) is -1.20. The number of aliphatic hydroxyl groups is 1. The van der Waals surface area contributed by atoms with Crippen LogP contribution in [0.5, 0.6) is 5.75 Å². The molecule has 0 spiro atoms. The molecule has 3 aromatic rings. The standard InChI is InChI=1S/C22H19NO3S/c24-20(22(27)26-18-14-8-3-9-15-18)19(16-10-4-1-5-11-16)23-21(25)17-12-6-2-7-13-17/h1-15,19-20,24H,(H,23,25)/t19-,20+/m1/s1. The quantitative estimate of drug-likeness (QED) is 0.639. The molecule has 0 aromatic heterocycles. The number of aliphatic hydroxyl groups excluding tert-OH is 1. The van der Waals surface area contributed by atoms with Crippen molar-refractivity contribution in [1.29, 1.82) is 0 Å². The maximum Gasteiger partial charge on any atom is 0.251 e. The van der Waals surface area contributed by atoms with Crippen LogP contribution in [-0.4, -0.2) is 22.2 Å². The predicted molar refractivity (Wildman–Crippen MR) is 109 cm³/mol. The zero-order valence-corrected chi connectivity index (χ0v) is 15.3. The van der Waals surface area contributed by atoms with Crippen molar-refractivity contribution in [3.63, 3.8) is 0 Å². The molecule has 3 aromatic carbocycles. The number of carbonyl (C=O) groups excluding carboxylic acids is 1.